The third kappa shape index (κ3) is 1.17. The van der Waals surface area contributed by atoms with Crippen molar-refractivity contribution >= 4 is 49.6 Å². The van der Waals surface area contributed by atoms with E-state index in [9.17, 15) is 0 Å². The summed E-state index contributed by atoms with van der Waals surface area (Å²) in [5.41, 5.74) is 1.23. The van der Waals surface area contributed by atoms with Gasteiger partial charge in [0.15, 0.2) is 0 Å². The van der Waals surface area contributed by atoms with E-state index in [-0.39, 0.29) is 0 Å². The van der Waals surface area contributed by atoms with E-state index in [0.29, 0.717) is 0 Å². The number of rotatable bonds is 0. The Labute approximate surface area is 83.2 Å². The molecule has 0 saturated heterocycles. The van der Waals surface area contributed by atoms with E-state index in [0.717, 1.165) is 23.1 Å². The fraction of sp³-hybridized carbons (Fsp3) is 0. The summed E-state index contributed by atoms with van der Waals surface area (Å²) in [6.45, 7) is 0. The Morgan fingerprint density at radius 2 is 2.18 bits per heavy atom. The zero-order valence-corrected chi connectivity index (χ0v) is 12.0. The number of nitrogens with one attached hydrogen (secondary N) is 1. The number of hydrogen-bond donors (Lipinski definition) is 1. The van der Waals surface area contributed by atoms with Crippen molar-refractivity contribution in [2.24, 2.45) is 0 Å². The quantitative estimate of drug-likeness (QED) is 0.690. The molecule has 0 aliphatic rings. The van der Waals surface area contributed by atoms with Gasteiger partial charge >= 0.3 is 83.4 Å². The number of benzene rings is 1. The molecule has 0 saturated carbocycles. The number of aromatic nitrogens is 1. The molecule has 0 radical (unpaired) electrons. The number of halogens is 1. The van der Waals surface area contributed by atoms with Gasteiger partial charge in [-0.1, -0.05) is 0 Å². The first-order valence-corrected chi connectivity index (χ1v) is 6.40. The standard InChI is InChI=1S/C8H5BrN.Ga.2H/c9-7-3-1-2-6-4-5-10-8(6)7;;;/h1-3,5,10H;;;. The van der Waals surface area contributed by atoms with Gasteiger partial charge in [-0.2, -0.15) is 0 Å². The van der Waals surface area contributed by atoms with E-state index in [4.69, 9.17) is 0 Å². The Morgan fingerprint density at radius 1 is 1.36 bits per heavy atom. The van der Waals surface area contributed by atoms with Gasteiger partial charge in [0.2, 0.25) is 0 Å². The molecule has 0 aliphatic carbocycles. The van der Waals surface area contributed by atoms with Crippen molar-refractivity contribution in [1.82, 2.24) is 4.98 Å². The van der Waals surface area contributed by atoms with Crippen molar-refractivity contribution in [2.75, 3.05) is 0 Å². The number of aromatic amines is 1. The summed E-state index contributed by atoms with van der Waals surface area (Å²) in [5, 5.41) is 1.37. The monoisotopic (exact) mass is 265 g/mol. The predicted molar refractivity (Wildman–Crippen MR) is 54.2 cm³/mol. The summed E-state index contributed by atoms with van der Waals surface area (Å²) in [6.07, 6.45) is 2.11. The first-order chi connectivity index (χ1) is 5.29. The zero-order chi connectivity index (χ0) is 7.84. The van der Waals surface area contributed by atoms with Crippen LogP contribution in [0.5, 0.6) is 0 Å². The normalized spacial score (nSPS) is 10.6. The summed E-state index contributed by atoms with van der Waals surface area (Å²) >= 11 is 4.26. The molecule has 2 aromatic rings. The molecule has 0 aliphatic heterocycles. The van der Waals surface area contributed by atoms with Crippen LogP contribution in [0.2, 0.25) is 0 Å². The van der Waals surface area contributed by atoms with Crippen LogP contribution in [0.1, 0.15) is 0 Å². The third-order valence-electron chi connectivity index (χ3n) is 1.87. The van der Waals surface area contributed by atoms with Crippen LogP contribution in [-0.4, -0.2) is 23.6 Å². The van der Waals surface area contributed by atoms with Crippen molar-refractivity contribution in [1.29, 1.82) is 0 Å². The van der Waals surface area contributed by atoms with E-state index < -0.39 is 0 Å². The SMILES string of the molecule is [GaH2][c]1c[nH]c2c(Br)cccc12. The zero-order valence-electron chi connectivity index (χ0n) is 6.19. The van der Waals surface area contributed by atoms with Crippen LogP contribution in [0.15, 0.2) is 28.9 Å². The van der Waals surface area contributed by atoms with Gasteiger partial charge in [0.1, 0.15) is 0 Å². The van der Waals surface area contributed by atoms with Crippen molar-refractivity contribution in [3.63, 3.8) is 0 Å². The molecule has 1 aromatic carbocycles. The molecule has 0 fully saturated rings. The average Bonchev–Trinajstić information content (AvgIpc) is 2.35. The Kier molecular flexibility index (Phi) is 1.87. The van der Waals surface area contributed by atoms with Gasteiger partial charge < -0.3 is 0 Å². The Hall–Kier alpha value is -0.124. The summed E-state index contributed by atoms with van der Waals surface area (Å²) < 4.78 is 2.64. The van der Waals surface area contributed by atoms with Crippen LogP contribution in [0.4, 0.5) is 0 Å². The van der Waals surface area contributed by atoms with Gasteiger partial charge in [-0.3, -0.25) is 0 Å². The molecule has 0 unspecified atom stereocenters. The van der Waals surface area contributed by atoms with Gasteiger partial charge in [-0.25, -0.2) is 0 Å². The van der Waals surface area contributed by atoms with Crippen molar-refractivity contribution < 1.29 is 0 Å². The van der Waals surface area contributed by atoms with Crippen LogP contribution >= 0.6 is 15.9 Å². The fourth-order valence-corrected chi connectivity index (χ4v) is 2.92. The Balaban J connectivity index is 2.94. The second kappa shape index (κ2) is 2.73. The first kappa shape index (κ1) is 7.52. The van der Waals surface area contributed by atoms with E-state index in [1.807, 2.05) is 0 Å². The molecular formula is C8H7BrGaN. The van der Waals surface area contributed by atoms with E-state index in [1.54, 1.807) is 0 Å². The molecule has 1 N–H and O–H groups in total. The van der Waals surface area contributed by atoms with Gasteiger partial charge in [0.05, 0.1) is 0 Å². The molecule has 1 nitrogen and oxygen atoms in total. The molecule has 1 heterocycles. The van der Waals surface area contributed by atoms with E-state index in [2.05, 4.69) is 45.3 Å². The molecule has 0 amide bonds. The molecule has 0 atom stereocenters. The molecule has 54 valence electrons. The van der Waals surface area contributed by atoms with Crippen LogP contribution in [0, 0.1) is 0 Å². The topological polar surface area (TPSA) is 15.8 Å². The van der Waals surface area contributed by atoms with E-state index >= 15 is 0 Å². The average molecular weight is 267 g/mol. The molecule has 11 heavy (non-hydrogen) atoms. The van der Waals surface area contributed by atoms with Crippen molar-refractivity contribution in [3.05, 3.63) is 28.9 Å². The number of hydrogen-bond acceptors (Lipinski definition) is 0. The van der Waals surface area contributed by atoms with Crippen LogP contribution in [0.25, 0.3) is 10.9 Å². The van der Waals surface area contributed by atoms with Gasteiger partial charge in [-0.15, -0.1) is 0 Å². The number of fused-ring (bicyclic) bond motifs is 1. The predicted octanol–water partition coefficient (Wildman–Crippen LogP) is 1.19. The first-order valence-electron chi connectivity index (χ1n) is 3.51. The second-order valence-corrected chi connectivity index (χ2v) is 5.75. The van der Waals surface area contributed by atoms with Crippen LogP contribution in [0.3, 0.4) is 0 Å². The van der Waals surface area contributed by atoms with Crippen molar-refractivity contribution in [3.8, 4) is 0 Å². The van der Waals surface area contributed by atoms with E-state index in [1.165, 1.54) is 15.0 Å². The van der Waals surface area contributed by atoms with Crippen LogP contribution < -0.4 is 4.12 Å². The third-order valence-corrected chi connectivity index (χ3v) is 4.27. The van der Waals surface area contributed by atoms with Gasteiger partial charge in [0, 0.05) is 0 Å². The second-order valence-electron chi connectivity index (χ2n) is 2.63. The van der Waals surface area contributed by atoms with Gasteiger partial charge in [0.25, 0.3) is 0 Å². The summed E-state index contributed by atoms with van der Waals surface area (Å²) in [7, 11) is 0. The maximum atomic E-state index is 3.50. The van der Waals surface area contributed by atoms with Crippen LogP contribution in [-0.2, 0) is 0 Å². The summed E-state index contributed by atoms with van der Waals surface area (Å²) in [5.74, 6) is 0. The number of H-pyrrole nitrogens is 1. The summed E-state index contributed by atoms with van der Waals surface area (Å²) in [4.78, 5) is 3.26. The summed E-state index contributed by atoms with van der Waals surface area (Å²) in [6, 6.07) is 6.30. The minimum absolute atomic E-state index is 0.756. The Morgan fingerprint density at radius 3 is 2.91 bits per heavy atom. The fourth-order valence-electron chi connectivity index (χ4n) is 1.26. The Bertz CT molecular complexity index is 394. The van der Waals surface area contributed by atoms with Gasteiger partial charge in [-0.05, 0) is 0 Å². The van der Waals surface area contributed by atoms with Crippen molar-refractivity contribution in [2.45, 2.75) is 0 Å². The minimum atomic E-state index is 0.756. The molecule has 0 spiro atoms. The molecular weight excluding hydrogens is 260 g/mol. The molecule has 2 rings (SSSR count). The molecule has 0 bridgehead atoms. The maximum absolute atomic E-state index is 3.50. The molecule has 1 aromatic heterocycles. The number of para-hydroxylation sites is 1. The molecule has 3 heteroatoms.